The molecule has 1 saturated heterocycles. The van der Waals surface area contributed by atoms with Gasteiger partial charge >= 0.3 is 6.03 Å². The number of nitrogens with one attached hydrogen (secondary N) is 1. The van der Waals surface area contributed by atoms with Gasteiger partial charge in [0.2, 0.25) is 0 Å². The molecule has 21 heavy (non-hydrogen) atoms. The van der Waals surface area contributed by atoms with Gasteiger partial charge in [0.05, 0.1) is 12.7 Å². The molecule has 0 aromatic heterocycles. The van der Waals surface area contributed by atoms with Gasteiger partial charge in [-0.25, -0.2) is 4.79 Å². The number of amides is 2. The number of rotatable bonds is 7. The molecule has 3 atom stereocenters. The van der Waals surface area contributed by atoms with Crippen molar-refractivity contribution >= 4 is 6.03 Å². The van der Waals surface area contributed by atoms with Gasteiger partial charge in [-0.05, 0) is 32.1 Å². The molecule has 1 heterocycles. The third-order valence-corrected chi connectivity index (χ3v) is 4.78. The largest absolute Gasteiger partial charge is 0.395 e. The van der Waals surface area contributed by atoms with Crippen molar-refractivity contribution in [2.24, 2.45) is 5.92 Å². The number of unbranched alkanes of at least 4 members (excludes halogenated alkanes) is 2. The monoisotopic (exact) mass is 298 g/mol. The maximum absolute atomic E-state index is 12.4. The molecule has 0 spiro atoms. The van der Waals surface area contributed by atoms with Gasteiger partial charge in [-0.15, -0.1) is 0 Å². The number of ether oxygens (including phenoxy) is 1. The second kappa shape index (κ2) is 8.59. The number of carbonyl (C=O) groups is 1. The quantitative estimate of drug-likeness (QED) is 0.708. The SMILES string of the molecule is CCCCCN(CCO)C(=O)NC1CCCC2OCCC12. The number of urea groups is 1. The van der Waals surface area contributed by atoms with E-state index in [1.165, 1.54) is 0 Å². The first-order chi connectivity index (χ1) is 10.3. The Hall–Kier alpha value is -0.810. The van der Waals surface area contributed by atoms with E-state index >= 15 is 0 Å². The van der Waals surface area contributed by atoms with Gasteiger partial charge in [0.1, 0.15) is 0 Å². The number of carbonyl (C=O) groups excluding carboxylic acids is 1. The highest BCUT2D eigenvalue weighted by molar-refractivity contribution is 5.74. The van der Waals surface area contributed by atoms with Crippen LogP contribution in [0.1, 0.15) is 51.9 Å². The molecular weight excluding hydrogens is 268 g/mol. The third-order valence-electron chi connectivity index (χ3n) is 4.78. The van der Waals surface area contributed by atoms with Crippen molar-refractivity contribution in [1.29, 1.82) is 0 Å². The smallest absolute Gasteiger partial charge is 0.317 e. The zero-order valence-electron chi connectivity index (χ0n) is 13.2. The summed E-state index contributed by atoms with van der Waals surface area (Å²) in [6.07, 6.45) is 7.98. The molecule has 0 radical (unpaired) electrons. The first-order valence-corrected chi connectivity index (χ1v) is 8.54. The molecule has 0 aromatic carbocycles. The first kappa shape index (κ1) is 16.6. The first-order valence-electron chi connectivity index (χ1n) is 8.54. The number of aliphatic hydroxyl groups excluding tert-OH is 1. The molecule has 2 aliphatic rings. The van der Waals surface area contributed by atoms with Crippen LogP contribution >= 0.6 is 0 Å². The molecule has 122 valence electrons. The predicted molar refractivity (Wildman–Crippen MR) is 82.2 cm³/mol. The molecular formula is C16H30N2O3. The fraction of sp³-hybridized carbons (Fsp3) is 0.938. The van der Waals surface area contributed by atoms with Crippen molar-refractivity contribution in [3.05, 3.63) is 0 Å². The van der Waals surface area contributed by atoms with Crippen molar-refractivity contribution in [1.82, 2.24) is 10.2 Å². The van der Waals surface area contributed by atoms with Gasteiger partial charge in [0.25, 0.3) is 0 Å². The van der Waals surface area contributed by atoms with Crippen LogP contribution in [0.15, 0.2) is 0 Å². The van der Waals surface area contributed by atoms with Gasteiger partial charge < -0.3 is 20.1 Å². The fourth-order valence-electron chi connectivity index (χ4n) is 3.59. The maximum atomic E-state index is 12.4. The zero-order valence-corrected chi connectivity index (χ0v) is 13.2. The summed E-state index contributed by atoms with van der Waals surface area (Å²) in [7, 11) is 0. The molecule has 5 nitrogen and oxygen atoms in total. The molecule has 1 saturated carbocycles. The lowest BCUT2D eigenvalue weighted by Gasteiger charge is -2.35. The van der Waals surface area contributed by atoms with Crippen LogP contribution in [0.5, 0.6) is 0 Å². The molecule has 2 fully saturated rings. The molecule has 1 aliphatic carbocycles. The second-order valence-electron chi connectivity index (χ2n) is 6.27. The van der Waals surface area contributed by atoms with Gasteiger partial charge in [0, 0.05) is 31.7 Å². The third kappa shape index (κ3) is 4.58. The highest BCUT2D eigenvalue weighted by Crippen LogP contribution is 2.34. The van der Waals surface area contributed by atoms with Crippen LogP contribution in [0.3, 0.4) is 0 Å². The van der Waals surface area contributed by atoms with E-state index < -0.39 is 0 Å². The number of hydrogen-bond donors (Lipinski definition) is 2. The van der Waals surface area contributed by atoms with Gasteiger partial charge in [-0.2, -0.15) is 0 Å². The Bertz CT molecular complexity index is 325. The van der Waals surface area contributed by atoms with Crippen molar-refractivity contribution in [2.75, 3.05) is 26.3 Å². The molecule has 1 aliphatic heterocycles. The summed E-state index contributed by atoms with van der Waals surface area (Å²) >= 11 is 0. The predicted octanol–water partition coefficient (Wildman–Crippen LogP) is 2.14. The van der Waals surface area contributed by atoms with Crippen LogP contribution in [-0.4, -0.2) is 54.5 Å². The average molecular weight is 298 g/mol. The lowest BCUT2D eigenvalue weighted by atomic mass is 9.82. The number of fused-ring (bicyclic) bond motifs is 1. The topological polar surface area (TPSA) is 61.8 Å². The molecule has 5 heteroatoms. The lowest BCUT2D eigenvalue weighted by molar-refractivity contribution is 0.0535. The standard InChI is InChI=1S/C16H30N2O3/c1-2-3-4-9-18(10-11-19)16(20)17-14-6-5-7-15-13(14)8-12-21-15/h13-15,19H,2-12H2,1H3,(H,17,20). The van der Waals surface area contributed by atoms with Crippen molar-refractivity contribution in [3.8, 4) is 0 Å². The van der Waals surface area contributed by atoms with Gasteiger partial charge in [0.15, 0.2) is 0 Å². The highest BCUT2D eigenvalue weighted by Gasteiger charge is 2.38. The Labute approximate surface area is 128 Å². The van der Waals surface area contributed by atoms with E-state index in [0.29, 0.717) is 18.6 Å². The summed E-state index contributed by atoms with van der Waals surface area (Å²) in [5.74, 6) is 0.481. The number of nitrogens with zero attached hydrogens (tertiary/aromatic N) is 1. The summed E-state index contributed by atoms with van der Waals surface area (Å²) in [5, 5.41) is 12.4. The van der Waals surface area contributed by atoms with Crippen molar-refractivity contribution < 1.29 is 14.6 Å². The van der Waals surface area contributed by atoms with Crippen LogP contribution in [0, 0.1) is 5.92 Å². The highest BCUT2D eigenvalue weighted by atomic mass is 16.5. The summed E-state index contributed by atoms with van der Waals surface area (Å²) in [4.78, 5) is 14.2. The Morgan fingerprint density at radius 3 is 2.90 bits per heavy atom. The fourth-order valence-corrected chi connectivity index (χ4v) is 3.59. The normalized spacial score (nSPS) is 28.2. The zero-order chi connectivity index (χ0) is 15.1. The Morgan fingerprint density at radius 2 is 2.14 bits per heavy atom. The molecule has 2 rings (SSSR count). The molecule has 0 aromatic rings. The summed E-state index contributed by atoms with van der Waals surface area (Å²) in [6.45, 7) is 4.17. The second-order valence-corrected chi connectivity index (χ2v) is 6.27. The Kier molecular flexibility index (Phi) is 6.77. The van der Waals surface area contributed by atoms with E-state index in [0.717, 1.165) is 58.1 Å². The minimum Gasteiger partial charge on any atom is -0.395 e. The minimum absolute atomic E-state index is 0.0160. The van der Waals surface area contributed by atoms with Crippen LogP contribution < -0.4 is 5.32 Å². The van der Waals surface area contributed by atoms with Crippen LogP contribution in [0.4, 0.5) is 4.79 Å². The molecule has 3 unspecified atom stereocenters. The van der Waals surface area contributed by atoms with E-state index in [1.807, 2.05) is 0 Å². The van der Waals surface area contributed by atoms with E-state index in [2.05, 4.69) is 12.2 Å². The average Bonchev–Trinajstić information content (AvgIpc) is 2.96. The van der Waals surface area contributed by atoms with Crippen LogP contribution in [0.25, 0.3) is 0 Å². The molecule has 2 N–H and O–H groups in total. The van der Waals surface area contributed by atoms with Gasteiger partial charge in [-0.3, -0.25) is 0 Å². The summed E-state index contributed by atoms with van der Waals surface area (Å²) in [6, 6.07) is 0.226. The maximum Gasteiger partial charge on any atom is 0.317 e. The number of aliphatic hydroxyl groups is 1. The summed E-state index contributed by atoms with van der Waals surface area (Å²) < 4.78 is 5.75. The van der Waals surface area contributed by atoms with E-state index in [1.54, 1.807) is 4.90 Å². The van der Waals surface area contributed by atoms with Crippen molar-refractivity contribution in [3.63, 3.8) is 0 Å². The van der Waals surface area contributed by atoms with Crippen LogP contribution in [0.2, 0.25) is 0 Å². The van der Waals surface area contributed by atoms with E-state index in [-0.39, 0.29) is 18.7 Å². The number of hydrogen-bond acceptors (Lipinski definition) is 3. The van der Waals surface area contributed by atoms with E-state index in [4.69, 9.17) is 9.84 Å². The van der Waals surface area contributed by atoms with Crippen molar-refractivity contribution in [2.45, 2.75) is 64.0 Å². The molecule has 0 bridgehead atoms. The minimum atomic E-state index is -0.0160. The van der Waals surface area contributed by atoms with Crippen LogP contribution in [-0.2, 0) is 4.74 Å². The van der Waals surface area contributed by atoms with Gasteiger partial charge in [-0.1, -0.05) is 19.8 Å². The van der Waals surface area contributed by atoms with E-state index in [9.17, 15) is 4.79 Å². The summed E-state index contributed by atoms with van der Waals surface area (Å²) in [5.41, 5.74) is 0. The Balaban J connectivity index is 1.84. The lowest BCUT2D eigenvalue weighted by Crippen LogP contribution is -2.51. The molecule has 2 amide bonds. The Morgan fingerprint density at radius 1 is 1.29 bits per heavy atom.